The van der Waals surface area contributed by atoms with E-state index in [4.69, 9.17) is 4.74 Å². The number of hydrogen-bond acceptors (Lipinski definition) is 2. The summed E-state index contributed by atoms with van der Waals surface area (Å²) in [6.07, 6.45) is 1.80. The fourth-order valence-corrected chi connectivity index (χ4v) is 1.67. The van der Waals surface area contributed by atoms with E-state index in [1.807, 2.05) is 36.4 Å². The molecule has 2 rings (SSSR count). The molecule has 0 aliphatic heterocycles. The fraction of sp³-hybridized carbons (Fsp3) is 0.133. The Balaban J connectivity index is 2.09. The van der Waals surface area contributed by atoms with Gasteiger partial charge in [-0.2, -0.15) is 0 Å². The predicted octanol–water partition coefficient (Wildman–Crippen LogP) is 3.46. The Kier molecular flexibility index (Phi) is 3.55. The molecule has 0 amide bonds. The summed E-state index contributed by atoms with van der Waals surface area (Å²) in [7, 11) is 0. The van der Waals surface area contributed by atoms with E-state index in [1.54, 1.807) is 6.08 Å². The van der Waals surface area contributed by atoms with Crippen LogP contribution >= 0.6 is 0 Å². The quantitative estimate of drug-likeness (QED) is 0.589. The number of rotatable bonds is 4. The first-order valence-electron chi connectivity index (χ1n) is 5.54. The van der Waals surface area contributed by atoms with Crippen molar-refractivity contribution in [2.45, 2.75) is 13.0 Å². The van der Waals surface area contributed by atoms with Crippen molar-refractivity contribution < 1.29 is 9.53 Å². The maximum atomic E-state index is 11.2. The van der Waals surface area contributed by atoms with E-state index in [2.05, 4.69) is 12.6 Å². The molecule has 17 heavy (non-hydrogen) atoms. The van der Waals surface area contributed by atoms with Crippen molar-refractivity contribution in [3.63, 3.8) is 0 Å². The van der Waals surface area contributed by atoms with Crippen LogP contribution in [0.5, 0.6) is 0 Å². The molecule has 2 heteroatoms. The first-order valence-corrected chi connectivity index (χ1v) is 5.54. The number of esters is 1. The zero-order valence-electron chi connectivity index (χ0n) is 9.56. The molecule has 0 aliphatic rings. The second-order valence-corrected chi connectivity index (χ2v) is 3.83. The number of carbonyl (C=O) groups excluding carboxylic acids is 1. The van der Waals surface area contributed by atoms with Crippen LogP contribution in [0.25, 0.3) is 10.8 Å². The normalized spacial score (nSPS) is 10.1. The average molecular weight is 226 g/mol. The van der Waals surface area contributed by atoms with Crippen molar-refractivity contribution in [3.8, 4) is 0 Å². The van der Waals surface area contributed by atoms with Crippen LogP contribution in [-0.2, 0) is 16.1 Å². The Morgan fingerprint density at radius 2 is 1.94 bits per heavy atom. The molecule has 0 N–H and O–H groups in total. The minimum atomic E-state index is -0.242. The summed E-state index contributed by atoms with van der Waals surface area (Å²) < 4.78 is 5.11. The molecular formula is C15H14O2. The second-order valence-electron chi connectivity index (χ2n) is 3.83. The number of benzene rings is 2. The van der Waals surface area contributed by atoms with Gasteiger partial charge in [-0.25, -0.2) is 0 Å². The van der Waals surface area contributed by atoms with E-state index in [-0.39, 0.29) is 12.4 Å². The number of fused-ring (bicyclic) bond motifs is 1. The van der Waals surface area contributed by atoms with Gasteiger partial charge in [0.2, 0.25) is 0 Å². The Hall–Kier alpha value is -2.09. The third kappa shape index (κ3) is 2.94. The van der Waals surface area contributed by atoms with Crippen LogP contribution in [0, 0.1) is 0 Å². The van der Waals surface area contributed by atoms with Crippen molar-refractivity contribution in [1.29, 1.82) is 0 Å². The van der Waals surface area contributed by atoms with Gasteiger partial charge in [-0.15, -0.1) is 6.58 Å². The minimum Gasteiger partial charge on any atom is -0.461 e. The lowest BCUT2D eigenvalue weighted by Gasteiger charge is -2.05. The van der Waals surface area contributed by atoms with Gasteiger partial charge in [0.25, 0.3) is 0 Å². The lowest BCUT2D eigenvalue weighted by Crippen LogP contribution is -2.02. The van der Waals surface area contributed by atoms with Crippen LogP contribution in [-0.4, -0.2) is 5.97 Å². The molecule has 0 saturated heterocycles. The monoisotopic (exact) mass is 226 g/mol. The Bertz CT molecular complexity index is 543. The molecule has 0 aliphatic carbocycles. The Morgan fingerprint density at radius 3 is 2.71 bits per heavy atom. The van der Waals surface area contributed by atoms with Crippen LogP contribution in [0.2, 0.25) is 0 Å². The summed E-state index contributed by atoms with van der Waals surface area (Å²) in [6, 6.07) is 14.2. The Labute approximate surface area is 101 Å². The lowest BCUT2D eigenvalue weighted by atomic mass is 10.1. The van der Waals surface area contributed by atoms with Crippen LogP contribution in [0.4, 0.5) is 0 Å². The second kappa shape index (κ2) is 5.30. The topological polar surface area (TPSA) is 26.3 Å². The van der Waals surface area contributed by atoms with E-state index in [0.29, 0.717) is 6.61 Å². The molecule has 0 heterocycles. The largest absolute Gasteiger partial charge is 0.461 e. The zero-order chi connectivity index (χ0) is 12.1. The number of carbonyl (C=O) groups is 1. The molecule has 0 aromatic heterocycles. The smallest absolute Gasteiger partial charge is 0.309 e. The highest BCUT2D eigenvalue weighted by molar-refractivity contribution is 5.83. The SMILES string of the molecule is C=CCC(=O)OCc1ccc2ccccc2c1. The van der Waals surface area contributed by atoms with Gasteiger partial charge in [-0.3, -0.25) is 4.79 Å². The van der Waals surface area contributed by atoms with Crippen LogP contribution < -0.4 is 0 Å². The molecular weight excluding hydrogens is 212 g/mol. The molecule has 0 atom stereocenters. The predicted molar refractivity (Wildman–Crippen MR) is 68.6 cm³/mol. The zero-order valence-corrected chi connectivity index (χ0v) is 9.56. The van der Waals surface area contributed by atoms with Crippen LogP contribution in [0.3, 0.4) is 0 Å². The highest BCUT2D eigenvalue weighted by Crippen LogP contribution is 2.16. The molecule has 86 valence electrons. The van der Waals surface area contributed by atoms with Crippen LogP contribution in [0.15, 0.2) is 55.1 Å². The van der Waals surface area contributed by atoms with Crippen molar-refractivity contribution in [1.82, 2.24) is 0 Å². The molecule has 0 bridgehead atoms. The van der Waals surface area contributed by atoms with Crippen molar-refractivity contribution in [2.75, 3.05) is 0 Å². The van der Waals surface area contributed by atoms with Gasteiger partial charge < -0.3 is 4.74 Å². The van der Waals surface area contributed by atoms with Crippen molar-refractivity contribution in [2.24, 2.45) is 0 Å². The average Bonchev–Trinajstić information content (AvgIpc) is 2.36. The highest BCUT2D eigenvalue weighted by atomic mass is 16.5. The summed E-state index contributed by atoms with van der Waals surface area (Å²) in [6.45, 7) is 3.81. The van der Waals surface area contributed by atoms with Gasteiger partial charge in [0, 0.05) is 0 Å². The minimum absolute atomic E-state index is 0.242. The molecule has 0 spiro atoms. The molecule has 2 aromatic rings. The van der Waals surface area contributed by atoms with E-state index >= 15 is 0 Å². The molecule has 0 unspecified atom stereocenters. The Morgan fingerprint density at radius 1 is 1.18 bits per heavy atom. The first kappa shape index (κ1) is 11.4. The van der Waals surface area contributed by atoms with E-state index < -0.39 is 0 Å². The fourth-order valence-electron chi connectivity index (χ4n) is 1.67. The summed E-state index contributed by atoms with van der Waals surface area (Å²) in [5.41, 5.74) is 1.00. The summed E-state index contributed by atoms with van der Waals surface area (Å²) in [5, 5.41) is 2.35. The van der Waals surface area contributed by atoms with Gasteiger partial charge in [-0.05, 0) is 22.4 Å². The van der Waals surface area contributed by atoms with Crippen molar-refractivity contribution in [3.05, 3.63) is 60.7 Å². The maximum absolute atomic E-state index is 11.2. The summed E-state index contributed by atoms with van der Waals surface area (Å²) in [4.78, 5) is 11.2. The van der Waals surface area contributed by atoms with E-state index in [1.165, 1.54) is 5.39 Å². The van der Waals surface area contributed by atoms with Gasteiger partial charge in [-0.1, -0.05) is 42.5 Å². The third-order valence-corrected chi connectivity index (χ3v) is 2.52. The highest BCUT2D eigenvalue weighted by Gasteiger charge is 2.01. The number of ether oxygens (including phenoxy) is 1. The van der Waals surface area contributed by atoms with Gasteiger partial charge >= 0.3 is 5.97 Å². The molecule has 0 saturated carbocycles. The maximum Gasteiger partial charge on any atom is 0.309 e. The van der Waals surface area contributed by atoms with E-state index in [0.717, 1.165) is 10.9 Å². The number of hydrogen-bond donors (Lipinski definition) is 0. The first-order chi connectivity index (χ1) is 8.29. The lowest BCUT2D eigenvalue weighted by molar-refractivity contribution is -0.143. The molecule has 0 radical (unpaired) electrons. The van der Waals surface area contributed by atoms with Gasteiger partial charge in [0.1, 0.15) is 6.61 Å². The van der Waals surface area contributed by atoms with E-state index in [9.17, 15) is 4.79 Å². The van der Waals surface area contributed by atoms with Crippen molar-refractivity contribution >= 4 is 16.7 Å². The standard InChI is InChI=1S/C15H14O2/c1-2-5-15(16)17-11-12-8-9-13-6-3-4-7-14(13)10-12/h2-4,6-10H,1,5,11H2. The summed E-state index contributed by atoms with van der Waals surface area (Å²) >= 11 is 0. The molecule has 2 aromatic carbocycles. The molecule has 0 fully saturated rings. The molecule has 2 nitrogen and oxygen atoms in total. The third-order valence-electron chi connectivity index (χ3n) is 2.52. The van der Waals surface area contributed by atoms with Crippen LogP contribution in [0.1, 0.15) is 12.0 Å². The van der Waals surface area contributed by atoms with Gasteiger partial charge in [0.05, 0.1) is 6.42 Å². The summed E-state index contributed by atoms with van der Waals surface area (Å²) in [5.74, 6) is -0.242. The van der Waals surface area contributed by atoms with Gasteiger partial charge in [0.15, 0.2) is 0 Å².